The lowest BCUT2D eigenvalue weighted by atomic mass is 10.1. The fourth-order valence-corrected chi connectivity index (χ4v) is 2.89. The summed E-state index contributed by atoms with van der Waals surface area (Å²) >= 11 is 0. The summed E-state index contributed by atoms with van der Waals surface area (Å²) < 4.78 is 11.4. The molecule has 1 aromatic rings. The molecule has 0 N–H and O–H groups in total. The highest BCUT2D eigenvalue weighted by Gasteiger charge is 2.26. The Balaban J connectivity index is 1.58. The maximum atomic E-state index is 5.78. The monoisotopic (exact) mass is 305 g/mol. The summed E-state index contributed by atoms with van der Waals surface area (Å²) in [6.07, 6.45) is 9.65. The molecule has 2 heterocycles. The van der Waals surface area contributed by atoms with Gasteiger partial charge in [0.25, 0.3) is 0 Å². The Morgan fingerprint density at radius 1 is 1.23 bits per heavy atom. The first kappa shape index (κ1) is 15.7. The van der Waals surface area contributed by atoms with Crippen LogP contribution in [0.2, 0.25) is 0 Å². The van der Waals surface area contributed by atoms with Crippen LogP contribution in [0, 0.1) is 5.92 Å². The van der Waals surface area contributed by atoms with Gasteiger partial charge in [0.15, 0.2) is 0 Å². The summed E-state index contributed by atoms with van der Waals surface area (Å²) in [7, 11) is 0. The molecule has 1 aromatic heterocycles. The summed E-state index contributed by atoms with van der Waals surface area (Å²) in [6, 6.07) is 0.487. The van der Waals surface area contributed by atoms with Crippen molar-refractivity contribution in [1.29, 1.82) is 0 Å². The minimum absolute atomic E-state index is 0.487. The van der Waals surface area contributed by atoms with Crippen molar-refractivity contribution in [2.45, 2.75) is 45.1 Å². The zero-order chi connectivity index (χ0) is 15.2. The van der Waals surface area contributed by atoms with Gasteiger partial charge in [-0.2, -0.15) is 0 Å². The summed E-state index contributed by atoms with van der Waals surface area (Å²) in [6.45, 7) is 6.59. The van der Waals surface area contributed by atoms with E-state index >= 15 is 0 Å². The summed E-state index contributed by atoms with van der Waals surface area (Å²) in [5.74, 6) is 1.54. The van der Waals surface area contributed by atoms with E-state index in [1.165, 1.54) is 25.8 Å². The molecule has 1 aliphatic heterocycles. The van der Waals surface area contributed by atoms with Crippen LogP contribution in [-0.4, -0.2) is 53.8 Å². The number of aromatic nitrogens is 2. The minimum Gasteiger partial charge on any atom is -0.474 e. The zero-order valence-corrected chi connectivity index (χ0v) is 13.5. The molecule has 0 radical (unpaired) electrons. The van der Waals surface area contributed by atoms with Crippen molar-refractivity contribution in [1.82, 2.24) is 14.9 Å². The van der Waals surface area contributed by atoms with Gasteiger partial charge in [0.1, 0.15) is 6.61 Å². The Hall–Kier alpha value is -1.20. The molecule has 22 heavy (non-hydrogen) atoms. The second-order valence-electron chi connectivity index (χ2n) is 6.52. The van der Waals surface area contributed by atoms with Crippen LogP contribution in [0.15, 0.2) is 12.4 Å². The molecule has 0 spiro atoms. The molecule has 1 saturated carbocycles. The van der Waals surface area contributed by atoms with Crippen LogP contribution in [0.5, 0.6) is 5.88 Å². The third-order valence-corrected chi connectivity index (χ3v) is 4.44. The highest BCUT2D eigenvalue weighted by Crippen LogP contribution is 2.30. The van der Waals surface area contributed by atoms with E-state index in [1.807, 2.05) is 6.20 Å². The molecule has 0 aromatic carbocycles. The molecule has 0 unspecified atom stereocenters. The number of nitrogens with zero attached hydrogens (tertiary/aromatic N) is 3. The molecule has 2 aliphatic rings. The van der Waals surface area contributed by atoms with Crippen molar-refractivity contribution in [3.63, 3.8) is 0 Å². The molecule has 3 rings (SSSR count). The van der Waals surface area contributed by atoms with E-state index in [2.05, 4.69) is 21.8 Å². The van der Waals surface area contributed by atoms with Crippen LogP contribution in [0.3, 0.4) is 0 Å². The quantitative estimate of drug-likeness (QED) is 0.839. The van der Waals surface area contributed by atoms with Crippen LogP contribution in [0.25, 0.3) is 0 Å². The Labute approximate surface area is 133 Å². The highest BCUT2D eigenvalue weighted by molar-refractivity contribution is 5.08. The average molecular weight is 305 g/mol. The first-order valence-corrected chi connectivity index (χ1v) is 8.57. The number of fused-ring (bicyclic) bond motifs is 2. The average Bonchev–Trinajstić information content (AvgIpc) is 3.33. The first-order valence-electron chi connectivity index (χ1n) is 8.57. The van der Waals surface area contributed by atoms with E-state index in [9.17, 15) is 0 Å². The molecule has 122 valence electrons. The van der Waals surface area contributed by atoms with Crippen molar-refractivity contribution in [3.05, 3.63) is 18.1 Å². The van der Waals surface area contributed by atoms with Crippen LogP contribution < -0.4 is 4.74 Å². The van der Waals surface area contributed by atoms with Gasteiger partial charge in [-0.3, -0.25) is 9.88 Å². The third-order valence-electron chi connectivity index (χ3n) is 4.44. The predicted octanol–water partition coefficient (Wildman–Crippen LogP) is 2.31. The van der Waals surface area contributed by atoms with Gasteiger partial charge in [-0.05, 0) is 51.5 Å². The van der Waals surface area contributed by atoms with Crippen molar-refractivity contribution < 1.29 is 9.47 Å². The van der Waals surface area contributed by atoms with Gasteiger partial charge < -0.3 is 9.47 Å². The fraction of sp³-hybridized carbons (Fsp3) is 0.765. The molecule has 2 bridgehead atoms. The largest absolute Gasteiger partial charge is 0.474 e. The number of ether oxygens (including phenoxy) is 2. The Morgan fingerprint density at radius 2 is 2.14 bits per heavy atom. The van der Waals surface area contributed by atoms with E-state index in [1.54, 1.807) is 6.20 Å². The predicted molar refractivity (Wildman–Crippen MR) is 85.0 cm³/mol. The normalized spacial score (nSPS) is 25.2. The van der Waals surface area contributed by atoms with E-state index < -0.39 is 0 Å². The first-order chi connectivity index (χ1) is 10.8. The maximum absolute atomic E-state index is 5.78. The molecule has 5 heteroatoms. The van der Waals surface area contributed by atoms with Gasteiger partial charge in [-0.1, -0.05) is 0 Å². The molecule has 0 amide bonds. The second-order valence-corrected chi connectivity index (χ2v) is 6.52. The topological polar surface area (TPSA) is 47.5 Å². The Morgan fingerprint density at radius 3 is 3.00 bits per heavy atom. The van der Waals surface area contributed by atoms with Crippen LogP contribution >= 0.6 is 0 Å². The zero-order valence-electron chi connectivity index (χ0n) is 13.5. The molecular weight excluding hydrogens is 278 g/mol. The van der Waals surface area contributed by atoms with Gasteiger partial charge in [0.2, 0.25) is 5.88 Å². The summed E-state index contributed by atoms with van der Waals surface area (Å²) in [5.41, 5.74) is 1.03. The molecule has 1 atom stereocenters. The summed E-state index contributed by atoms with van der Waals surface area (Å²) in [4.78, 5) is 11.3. The molecule has 5 nitrogen and oxygen atoms in total. The molecule has 1 aliphatic carbocycles. The minimum atomic E-state index is 0.487. The number of aryl methyl sites for hydroxylation is 1. The Bertz CT molecular complexity index is 465. The lowest BCUT2D eigenvalue weighted by Crippen LogP contribution is -2.39. The number of hydrogen-bond acceptors (Lipinski definition) is 5. The fourth-order valence-electron chi connectivity index (χ4n) is 2.89. The smallest absolute Gasteiger partial charge is 0.232 e. The second kappa shape index (κ2) is 7.88. The Kier molecular flexibility index (Phi) is 5.62. The lowest BCUT2D eigenvalue weighted by Gasteiger charge is -2.29. The van der Waals surface area contributed by atoms with Crippen LogP contribution in [-0.2, 0) is 11.2 Å². The van der Waals surface area contributed by atoms with Gasteiger partial charge in [-0.15, -0.1) is 0 Å². The van der Waals surface area contributed by atoms with Gasteiger partial charge in [0, 0.05) is 18.8 Å². The van der Waals surface area contributed by atoms with Gasteiger partial charge >= 0.3 is 0 Å². The van der Waals surface area contributed by atoms with Gasteiger partial charge in [-0.25, -0.2) is 4.98 Å². The van der Waals surface area contributed by atoms with E-state index in [0.29, 0.717) is 25.1 Å². The summed E-state index contributed by atoms with van der Waals surface area (Å²) in [5, 5.41) is 0. The van der Waals surface area contributed by atoms with E-state index in [-0.39, 0.29) is 0 Å². The van der Waals surface area contributed by atoms with Crippen molar-refractivity contribution in [3.8, 4) is 5.88 Å². The standard InChI is InChI=1S/C17H27N3O2/c1-14-13-21-8-9-22-17-11-18-10-16(19-17)4-2-3-7-20(14)12-15-5-6-15/h10-11,14-15H,2-9,12-13H2,1H3/t14-/m0/s1. The molecular formula is C17H27N3O2. The van der Waals surface area contributed by atoms with Crippen molar-refractivity contribution in [2.24, 2.45) is 5.92 Å². The van der Waals surface area contributed by atoms with Crippen LogP contribution in [0.4, 0.5) is 0 Å². The molecule has 1 fully saturated rings. The van der Waals surface area contributed by atoms with Crippen LogP contribution in [0.1, 0.15) is 38.3 Å². The van der Waals surface area contributed by atoms with Gasteiger partial charge in [0.05, 0.1) is 25.1 Å². The number of rotatable bonds is 2. The SMILES string of the molecule is C[C@H]1COCCOc2cncc(n2)CCCCN1CC1CC1. The van der Waals surface area contributed by atoms with Crippen molar-refractivity contribution >= 4 is 0 Å². The highest BCUT2D eigenvalue weighted by atomic mass is 16.5. The lowest BCUT2D eigenvalue weighted by molar-refractivity contribution is 0.0466. The molecule has 0 saturated heterocycles. The van der Waals surface area contributed by atoms with E-state index in [0.717, 1.165) is 37.6 Å². The van der Waals surface area contributed by atoms with Crippen molar-refractivity contribution in [2.75, 3.05) is 32.9 Å². The third kappa shape index (κ3) is 4.92. The van der Waals surface area contributed by atoms with E-state index in [4.69, 9.17) is 9.47 Å². The number of hydrogen-bond donors (Lipinski definition) is 0. The maximum Gasteiger partial charge on any atom is 0.232 e.